The van der Waals surface area contributed by atoms with Crippen molar-refractivity contribution in [2.75, 3.05) is 25.0 Å². The minimum atomic E-state index is 0.00872. The lowest BCUT2D eigenvalue weighted by Crippen LogP contribution is -2.41. The Labute approximate surface area is 120 Å². The van der Waals surface area contributed by atoms with Crippen molar-refractivity contribution >= 4 is 11.6 Å². The predicted molar refractivity (Wildman–Crippen MR) is 79.2 cm³/mol. The molecule has 1 amide bonds. The van der Waals surface area contributed by atoms with Gasteiger partial charge in [-0.25, -0.2) is 0 Å². The number of carbonyl (C=O) groups excluding carboxylic acids is 1. The molecule has 0 radical (unpaired) electrons. The van der Waals surface area contributed by atoms with Crippen molar-refractivity contribution < 1.29 is 4.79 Å². The summed E-state index contributed by atoms with van der Waals surface area (Å²) in [6.07, 6.45) is 2.27. The summed E-state index contributed by atoms with van der Waals surface area (Å²) in [5.74, 6) is 0.00872. The molecule has 0 spiro atoms. The molecule has 4 heteroatoms. The lowest BCUT2D eigenvalue weighted by Gasteiger charge is -2.36. The van der Waals surface area contributed by atoms with Gasteiger partial charge in [-0.1, -0.05) is 13.8 Å². The third-order valence-corrected chi connectivity index (χ3v) is 3.87. The number of benzene rings is 1. The van der Waals surface area contributed by atoms with Crippen molar-refractivity contribution in [3.63, 3.8) is 0 Å². The topological polar surface area (TPSA) is 56.1 Å². The molecule has 0 aromatic heterocycles. The number of hydrogen-bond acceptors (Lipinski definition) is 3. The van der Waals surface area contributed by atoms with Gasteiger partial charge in [0.2, 0.25) is 5.91 Å². The van der Waals surface area contributed by atoms with Crippen LogP contribution < -0.4 is 5.32 Å². The zero-order valence-electron chi connectivity index (χ0n) is 12.1. The van der Waals surface area contributed by atoms with E-state index in [9.17, 15) is 4.79 Å². The zero-order valence-corrected chi connectivity index (χ0v) is 12.1. The van der Waals surface area contributed by atoms with Crippen molar-refractivity contribution in [2.24, 2.45) is 5.41 Å². The second-order valence-electron chi connectivity index (χ2n) is 6.18. The third kappa shape index (κ3) is 4.07. The molecule has 2 rings (SSSR count). The number of piperidine rings is 1. The first-order valence-corrected chi connectivity index (χ1v) is 7.01. The number of likely N-dealkylation sites (tertiary alicyclic amines) is 1. The van der Waals surface area contributed by atoms with E-state index in [1.54, 1.807) is 24.3 Å². The van der Waals surface area contributed by atoms with Gasteiger partial charge in [-0.05, 0) is 55.6 Å². The van der Waals surface area contributed by atoms with E-state index in [2.05, 4.69) is 30.1 Å². The van der Waals surface area contributed by atoms with Crippen molar-refractivity contribution in [1.29, 1.82) is 5.26 Å². The van der Waals surface area contributed by atoms with E-state index in [0.717, 1.165) is 31.6 Å². The standard InChI is InChI=1S/C16H21N3O/c1-16(2)7-9-19(10-8-16)12-15(20)18-14-5-3-13(11-17)4-6-14/h3-6H,7-10,12H2,1-2H3,(H,18,20). The van der Waals surface area contributed by atoms with Gasteiger partial charge in [-0.3, -0.25) is 9.69 Å². The molecule has 1 fully saturated rings. The molecule has 1 N–H and O–H groups in total. The normalized spacial score (nSPS) is 18.2. The summed E-state index contributed by atoms with van der Waals surface area (Å²) < 4.78 is 0. The highest BCUT2D eigenvalue weighted by atomic mass is 16.2. The molecule has 1 aliphatic rings. The molecule has 1 aliphatic heterocycles. The monoisotopic (exact) mass is 271 g/mol. The molecule has 1 saturated heterocycles. The van der Waals surface area contributed by atoms with E-state index in [1.165, 1.54) is 0 Å². The molecule has 1 aromatic rings. The smallest absolute Gasteiger partial charge is 0.238 e. The fourth-order valence-electron chi connectivity index (χ4n) is 2.35. The molecule has 20 heavy (non-hydrogen) atoms. The average Bonchev–Trinajstić information content (AvgIpc) is 2.42. The quantitative estimate of drug-likeness (QED) is 0.919. The van der Waals surface area contributed by atoms with Gasteiger partial charge < -0.3 is 5.32 Å². The van der Waals surface area contributed by atoms with Crippen LogP contribution in [0.1, 0.15) is 32.3 Å². The maximum Gasteiger partial charge on any atom is 0.238 e. The first-order valence-electron chi connectivity index (χ1n) is 7.01. The van der Waals surface area contributed by atoms with E-state index < -0.39 is 0 Å². The Kier molecular flexibility index (Phi) is 4.41. The fraction of sp³-hybridized carbons (Fsp3) is 0.500. The molecule has 1 aromatic carbocycles. The van der Waals surface area contributed by atoms with Gasteiger partial charge >= 0.3 is 0 Å². The summed E-state index contributed by atoms with van der Waals surface area (Å²) in [4.78, 5) is 14.2. The molecule has 1 heterocycles. The summed E-state index contributed by atoms with van der Waals surface area (Å²) in [6.45, 7) is 6.96. The molecule has 0 saturated carbocycles. The molecule has 106 valence electrons. The van der Waals surface area contributed by atoms with Crippen LogP contribution in [0.25, 0.3) is 0 Å². The number of hydrogen-bond donors (Lipinski definition) is 1. The van der Waals surface area contributed by atoms with Crippen LogP contribution in [0.2, 0.25) is 0 Å². The van der Waals surface area contributed by atoms with Crippen LogP contribution in [0.15, 0.2) is 24.3 Å². The lowest BCUT2D eigenvalue weighted by atomic mass is 9.83. The number of amides is 1. The van der Waals surface area contributed by atoms with Crippen LogP contribution in [0.5, 0.6) is 0 Å². The van der Waals surface area contributed by atoms with Crippen LogP contribution in [-0.2, 0) is 4.79 Å². The number of nitriles is 1. The zero-order chi connectivity index (χ0) is 14.6. The van der Waals surface area contributed by atoms with Gasteiger partial charge in [-0.15, -0.1) is 0 Å². The van der Waals surface area contributed by atoms with Gasteiger partial charge in [0.15, 0.2) is 0 Å². The van der Waals surface area contributed by atoms with Crippen LogP contribution in [0, 0.1) is 16.7 Å². The minimum Gasteiger partial charge on any atom is -0.325 e. The van der Waals surface area contributed by atoms with Crippen molar-refractivity contribution in [3.05, 3.63) is 29.8 Å². The summed E-state index contributed by atoms with van der Waals surface area (Å²) >= 11 is 0. The predicted octanol–water partition coefficient (Wildman–Crippen LogP) is 2.62. The first kappa shape index (κ1) is 14.5. The Hall–Kier alpha value is -1.86. The van der Waals surface area contributed by atoms with E-state index in [-0.39, 0.29) is 5.91 Å². The van der Waals surface area contributed by atoms with Crippen molar-refractivity contribution in [3.8, 4) is 6.07 Å². The molecule has 0 aliphatic carbocycles. The van der Waals surface area contributed by atoms with Gasteiger partial charge in [0.1, 0.15) is 0 Å². The maximum atomic E-state index is 12.0. The molecular weight excluding hydrogens is 250 g/mol. The number of nitrogens with one attached hydrogen (secondary N) is 1. The van der Waals surface area contributed by atoms with Crippen LogP contribution in [0.4, 0.5) is 5.69 Å². The second-order valence-corrected chi connectivity index (χ2v) is 6.18. The first-order chi connectivity index (χ1) is 9.48. The Morgan fingerprint density at radius 2 is 1.90 bits per heavy atom. The molecule has 0 bridgehead atoms. The molecule has 4 nitrogen and oxygen atoms in total. The number of rotatable bonds is 3. The van der Waals surface area contributed by atoms with Crippen LogP contribution in [-0.4, -0.2) is 30.4 Å². The van der Waals surface area contributed by atoms with Gasteiger partial charge in [0.05, 0.1) is 18.2 Å². The molecule has 0 unspecified atom stereocenters. The fourth-order valence-corrected chi connectivity index (χ4v) is 2.35. The van der Waals surface area contributed by atoms with E-state index in [4.69, 9.17) is 5.26 Å². The molecule has 0 atom stereocenters. The highest BCUT2D eigenvalue weighted by Gasteiger charge is 2.26. The van der Waals surface area contributed by atoms with Crippen molar-refractivity contribution in [2.45, 2.75) is 26.7 Å². The molecular formula is C16H21N3O. The highest BCUT2D eigenvalue weighted by molar-refractivity contribution is 5.92. The third-order valence-electron chi connectivity index (χ3n) is 3.87. The highest BCUT2D eigenvalue weighted by Crippen LogP contribution is 2.29. The van der Waals surface area contributed by atoms with Gasteiger partial charge in [-0.2, -0.15) is 5.26 Å². The number of nitrogens with zero attached hydrogens (tertiary/aromatic N) is 2. The second kappa shape index (κ2) is 6.06. The van der Waals surface area contributed by atoms with E-state index in [0.29, 0.717) is 17.5 Å². The Morgan fingerprint density at radius 3 is 2.45 bits per heavy atom. The van der Waals surface area contributed by atoms with Crippen LogP contribution in [0.3, 0.4) is 0 Å². The van der Waals surface area contributed by atoms with Gasteiger partial charge in [0, 0.05) is 5.69 Å². The SMILES string of the molecule is CC1(C)CCN(CC(=O)Nc2ccc(C#N)cc2)CC1. The Morgan fingerprint density at radius 1 is 1.30 bits per heavy atom. The summed E-state index contributed by atoms with van der Waals surface area (Å²) in [5.41, 5.74) is 1.74. The lowest BCUT2D eigenvalue weighted by molar-refractivity contribution is -0.117. The minimum absolute atomic E-state index is 0.00872. The summed E-state index contributed by atoms with van der Waals surface area (Å²) in [7, 11) is 0. The number of carbonyl (C=O) groups is 1. The van der Waals surface area contributed by atoms with Crippen molar-refractivity contribution in [1.82, 2.24) is 4.90 Å². The van der Waals surface area contributed by atoms with E-state index in [1.807, 2.05) is 0 Å². The largest absolute Gasteiger partial charge is 0.325 e. The number of anilines is 1. The summed E-state index contributed by atoms with van der Waals surface area (Å²) in [5, 5.41) is 11.6. The average molecular weight is 271 g/mol. The van der Waals surface area contributed by atoms with Gasteiger partial charge in [0.25, 0.3) is 0 Å². The maximum absolute atomic E-state index is 12.0. The van der Waals surface area contributed by atoms with Crippen LogP contribution >= 0.6 is 0 Å². The van der Waals surface area contributed by atoms with E-state index >= 15 is 0 Å². The Balaban J connectivity index is 1.82. The summed E-state index contributed by atoms with van der Waals surface area (Å²) in [6, 6.07) is 8.99. The Bertz CT molecular complexity index is 504.